The zero-order valence-electron chi connectivity index (χ0n) is 8.81. The van der Waals surface area contributed by atoms with Crippen LogP contribution < -0.4 is 0 Å². The van der Waals surface area contributed by atoms with Crippen molar-refractivity contribution < 1.29 is 9.47 Å². The summed E-state index contributed by atoms with van der Waals surface area (Å²) in [7, 11) is -0.940. The molecule has 0 rings (SSSR count). The van der Waals surface area contributed by atoms with E-state index < -0.39 is 8.07 Å². The van der Waals surface area contributed by atoms with E-state index in [0.29, 0.717) is 19.1 Å². The van der Waals surface area contributed by atoms with Gasteiger partial charge >= 0.3 is 0 Å². The van der Waals surface area contributed by atoms with Crippen LogP contribution in [0.1, 0.15) is 0 Å². The second-order valence-electron chi connectivity index (χ2n) is 4.11. The van der Waals surface area contributed by atoms with Crippen molar-refractivity contribution in [2.75, 3.05) is 25.7 Å². The second-order valence-corrected chi connectivity index (χ2v) is 10.1. The molecule has 0 aliphatic rings. The lowest BCUT2D eigenvalue weighted by Gasteiger charge is -2.14. The molecule has 0 saturated carbocycles. The van der Waals surface area contributed by atoms with Gasteiger partial charge in [0.15, 0.2) is 0 Å². The van der Waals surface area contributed by atoms with Gasteiger partial charge in [-0.25, -0.2) is 0 Å². The molecule has 0 saturated heterocycles. The molecular formula is C9H20ClO2Si. The molecule has 13 heavy (non-hydrogen) atoms. The molecule has 1 radical (unpaired) electrons. The maximum absolute atomic E-state index is 5.43. The number of hydrogen-bond donors (Lipinski definition) is 0. The molecule has 0 bridgehead atoms. The summed E-state index contributed by atoms with van der Waals surface area (Å²) in [6, 6.07) is 1.19. The second kappa shape index (κ2) is 7.80. The highest BCUT2D eigenvalue weighted by Gasteiger charge is 2.11. The van der Waals surface area contributed by atoms with Gasteiger partial charge in [-0.05, 0) is 6.04 Å². The molecule has 0 unspecified atom stereocenters. The summed E-state index contributed by atoms with van der Waals surface area (Å²) < 4.78 is 10.4. The monoisotopic (exact) mass is 223 g/mol. The van der Waals surface area contributed by atoms with Crippen molar-refractivity contribution in [2.24, 2.45) is 0 Å². The molecule has 0 aromatic carbocycles. The number of alkyl halides is 1. The minimum atomic E-state index is -0.940. The van der Waals surface area contributed by atoms with Crippen LogP contribution in [-0.2, 0) is 9.47 Å². The Morgan fingerprint density at radius 1 is 1.23 bits per heavy atom. The highest BCUT2D eigenvalue weighted by molar-refractivity contribution is 6.76. The first-order valence-corrected chi connectivity index (χ1v) is 8.87. The van der Waals surface area contributed by atoms with Gasteiger partial charge < -0.3 is 9.47 Å². The quantitative estimate of drug-likeness (QED) is 0.358. The van der Waals surface area contributed by atoms with Crippen molar-refractivity contribution in [1.29, 1.82) is 0 Å². The van der Waals surface area contributed by atoms with E-state index in [-0.39, 0.29) is 0 Å². The number of ether oxygens (including phenoxy) is 2. The third-order valence-electron chi connectivity index (χ3n) is 1.50. The first-order valence-electron chi connectivity index (χ1n) is 4.63. The average Bonchev–Trinajstić information content (AvgIpc) is 2.01. The predicted octanol–water partition coefficient (Wildman–Crippen LogP) is 2.76. The van der Waals surface area contributed by atoms with Crippen molar-refractivity contribution in [1.82, 2.24) is 0 Å². The minimum absolute atomic E-state index is 0.540. The lowest BCUT2D eigenvalue weighted by Crippen LogP contribution is -2.21. The predicted molar refractivity (Wildman–Crippen MR) is 59.9 cm³/mol. The lowest BCUT2D eigenvalue weighted by atomic mass is 10.7. The highest BCUT2D eigenvalue weighted by Crippen LogP contribution is 2.07. The molecular weight excluding hydrogens is 204 g/mol. The number of rotatable bonds is 8. The van der Waals surface area contributed by atoms with E-state index in [1.165, 1.54) is 6.04 Å². The fourth-order valence-corrected chi connectivity index (χ4v) is 1.52. The Labute approximate surface area is 87.6 Å². The van der Waals surface area contributed by atoms with E-state index in [1.54, 1.807) is 6.61 Å². The molecule has 0 aliphatic carbocycles. The van der Waals surface area contributed by atoms with Gasteiger partial charge in [-0.15, -0.1) is 11.6 Å². The molecule has 2 nitrogen and oxygen atoms in total. The Morgan fingerprint density at radius 3 is 2.46 bits per heavy atom. The van der Waals surface area contributed by atoms with E-state index in [9.17, 15) is 0 Å². The molecule has 0 aromatic heterocycles. The first kappa shape index (κ1) is 13.4. The standard InChI is InChI=1S/C9H20ClO2Si/c1-13(2,3)9-8-12-7-6-11-5-4-10/h7H,4-6,8-9H2,1-3H3. The summed E-state index contributed by atoms with van der Waals surface area (Å²) in [6.45, 7) is 10.7. The Hall–Kier alpha value is 0.427. The molecule has 79 valence electrons. The maximum Gasteiger partial charge on any atom is 0.109 e. The normalized spacial score (nSPS) is 12.0. The van der Waals surface area contributed by atoms with E-state index in [0.717, 1.165) is 6.61 Å². The zero-order chi connectivity index (χ0) is 10.2. The number of hydrogen-bond acceptors (Lipinski definition) is 2. The molecule has 0 aliphatic heterocycles. The summed E-state index contributed by atoms with van der Waals surface area (Å²) in [4.78, 5) is 0. The van der Waals surface area contributed by atoms with Crippen LogP contribution in [0.4, 0.5) is 0 Å². The first-order chi connectivity index (χ1) is 6.06. The molecule has 4 heteroatoms. The Bertz CT molecular complexity index is 115. The Kier molecular flexibility index (Phi) is 8.05. The summed E-state index contributed by atoms with van der Waals surface area (Å²) in [5, 5.41) is 0. The average molecular weight is 224 g/mol. The van der Waals surface area contributed by atoms with E-state index in [2.05, 4.69) is 19.6 Å². The maximum atomic E-state index is 5.43. The van der Waals surface area contributed by atoms with Crippen LogP contribution in [-0.4, -0.2) is 33.8 Å². The van der Waals surface area contributed by atoms with Crippen LogP contribution in [0.15, 0.2) is 0 Å². The molecule has 0 spiro atoms. The van der Waals surface area contributed by atoms with Gasteiger partial charge in [0.1, 0.15) is 6.61 Å². The van der Waals surface area contributed by atoms with Gasteiger partial charge in [0.05, 0.1) is 13.2 Å². The third-order valence-corrected chi connectivity index (χ3v) is 3.35. The van der Waals surface area contributed by atoms with Gasteiger partial charge in [-0.2, -0.15) is 0 Å². The zero-order valence-corrected chi connectivity index (χ0v) is 10.6. The molecule has 0 N–H and O–H groups in total. The SMILES string of the molecule is C[Si](C)(C)CCO[CH]COCCCl. The molecule has 0 aromatic rings. The lowest BCUT2D eigenvalue weighted by molar-refractivity contribution is 0.103. The van der Waals surface area contributed by atoms with Gasteiger partial charge in [-0.1, -0.05) is 19.6 Å². The van der Waals surface area contributed by atoms with Crippen LogP contribution in [0.25, 0.3) is 0 Å². The highest BCUT2D eigenvalue weighted by atomic mass is 35.5. The topological polar surface area (TPSA) is 18.5 Å². The summed E-state index contributed by atoms with van der Waals surface area (Å²) >= 11 is 5.43. The summed E-state index contributed by atoms with van der Waals surface area (Å²) in [6.07, 6.45) is 0. The van der Waals surface area contributed by atoms with Crippen LogP contribution in [0.2, 0.25) is 25.7 Å². The molecule has 0 atom stereocenters. The van der Waals surface area contributed by atoms with E-state index >= 15 is 0 Å². The molecule has 0 fully saturated rings. The van der Waals surface area contributed by atoms with Crippen LogP contribution in [0.3, 0.4) is 0 Å². The molecule has 0 heterocycles. The van der Waals surface area contributed by atoms with Crippen molar-refractivity contribution in [2.45, 2.75) is 25.7 Å². The van der Waals surface area contributed by atoms with Gasteiger partial charge in [0.25, 0.3) is 0 Å². The Balaban J connectivity index is 3.00. The fourth-order valence-electron chi connectivity index (χ4n) is 0.683. The third kappa shape index (κ3) is 12.4. The van der Waals surface area contributed by atoms with Crippen LogP contribution in [0.5, 0.6) is 0 Å². The Morgan fingerprint density at radius 2 is 1.92 bits per heavy atom. The van der Waals surface area contributed by atoms with Crippen molar-refractivity contribution >= 4 is 19.7 Å². The van der Waals surface area contributed by atoms with Gasteiger partial charge in [0.2, 0.25) is 0 Å². The van der Waals surface area contributed by atoms with Crippen molar-refractivity contribution in [3.63, 3.8) is 0 Å². The van der Waals surface area contributed by atoms with Crippen LogP contribution >= 0.6 is 11.6 Å². The van der Waals surface area contributed by atoms with E-state index in [4.69, 9.17) is 21.1 Å². The summed E-state index contributed by atoms with van der Waals surface area (Å²) in [5.74, 6) is 0.544. The largest absolute Gasteiger partial charge is 0.377 e. The minimum Gasteiger partial charge on any atom is -0.377 e. The van der Waals surface area contributed by atoms with Gasteiger partial charge in [0, 0.05) is 20.6 Å². The summed E-state index contributed by atoms with van der Waals surface area (Å²) in [5.41, 5.74) is 0. The van der Waals surface area contributed by atoms with Gasteiger partial charge in [-0.3, -0.25) is 0 Å². The number of halogens is 1. The van der Waals surface area contributed by atoms with Crippen molar-refractivity contribution in [3.05, 3.63) is 6.61 Å². The van der Waals surface area contributed by atoms with Crippen molar-refractivity contribution in [3.8, 4) is 0 Å². The smallest absolute Gasteiger partial charge is 0.109 e. The van der Waals surface area contributed by atoms with E-state index in [1.807, 2.05) is 0 Å². The fraction of sp³-hybridized carbons (Fsp3) is 0.889. The van der Waals surface area contributed by atoms with Crippen LogP contribution in [0, 0.1) is 6.61 Å². The molecule has 0 amide bonds.